The number of aliphatic hydroxyl groups is 11. The molecule has 3 saturated heterocycles. The molecule has 0 aromatic carbocycles. The van der Waals surface area contributed by atoms with Gasteiger partial charge in [0.1, 0.15) is 73.2 Å². The van der Waals surface area contributed by atoms with Crippen molar-refractivity contribution in [3.8, 4) is 0 Å². The van der Waals surface area contributed by atoms with Crippen LogP contribution in [0, 0.1) is 0 Å². The lowest BCUT2D eigenvalue weighted by Crippen LogP contribution is -2.66. The number of carbonyl (C=O) groups excluding carboxylic acids is 1. The second kappa shape index (κ2) is 44.2. The number of hydrogen-bond donors (Lipinski definition) is 12. The molecule has 3 aliphatic heterocycles. The van der Waals surface area contributed by atoms with E-state index in [4.69, 9.17) is 28.4 Å². The van der Waals surface area contributed by atoms with Crippen LogP contribution in [-0.2, 0) is 33.2 Å². The monoisotopic (exact) mass is 1150 g/mol. The quantitative estimate of drug-likeness (QED) is 0.0270. The second-order valence-electron chi connectivity index (χ2n) is 21.1. The summed E-state index contributed by atoms with van der Waals surface area (Å²) in [5.41, 5.74) is 0. The molecule has 19 heteroatoms. The molecule has 3 aliphatic rings. The fourth-order valence-corrected chi connectivity index (χ4v) is 9.46. The van der Waals surface area contributed by atoms with E-state index < -0.39 is 124 Å². The molecule has 3 heterocycles. The molecule has 17 atom stereocenters. The molecule has 1 amide bonds. The molecule has 0 aromatic heterocycles. The number of hydrogen-bond acceptors (Lipinski definition) is 18. The number of amides is 1. The Bertz CT molecular complexity index is 1850. The number of nitrogens with one attached hydrogen (secondary N) is 1. The van der Waals surface area contributed by atoms with Gasteiger partial charge in [-0.3, -0.25) is 4.79 Å². The SMILES string of the molecule is CC/C=C\C/C=C\C/C=C\C/C=C\C/C=C\C/C=C\C/C=C\CCCCCCCCCC(=O)NC(COC1OC(CO)C(OC2OC(CO)C(OC3OC(CO)C(O)C(O)C3O)C(O)C2O)C(O)C1O)C(O)/C=C/CCCCCCC. The Hall–Kier alpha value is -3.29. The maximum atomic E-state index is 13.3. The lowest BCUT2D eigenvalue weighted by atomic mass is 9.96. The summed E-state index contributed by atoms with van der Waals surface area (Å²) in [6.07, 6.45) is 28.6. The first-order chi connectivity index (χ1) is 39.3. The van der Waals surface area contributed by atoms with Crippen LogP contribution < -0.4 is 5.32 Å². The normalized spacial score (nSPS) is 30.5. The first-order valence-electron chi connectivity index (χ1n) is 30.0. The number of rotatable bonds is 42. The molecule has 3 fully saturated rings. The Kier molecular flexibility index (Phi) is 39.3. The zero-order chi connectivity index (χ0) is 59.0. The number of aliphatic hydroxyl groups excluding tert-OH is 11. The van der Waals surface area contributed by atoms with E-state index in [1.54, 1.807) is 6.08 Å². The van der Waals surface area contributed by atoms with Gasteiger partial charge in [-0.05, 0) is 77.0 Å². The highest BCUT2D eigenvalue weighted by Gasteiger charge is 2.53. The maximum absolute atomic E-state index is 13.3. The van der Waals surface area contributed by atoms with Crippen molar-refractivity contribution in [2.45, 2.75) is 259 Å². The van der Waals surface area contributed by atoms with Gasteiger partial charge in [-0.2, -0.15) is 0 Å². The predicted molar refractivity (Wildman–Crippen MR) is 309 cm³/mol. The fraction of sp³-hybridized carbons (Fsp3) is 0.726. The Morgan fingerprint density at radius 2 is 0.852 bits per heavy atom. The first kappa shape index (κ1) is 72.0. The Balaban J connectivity index is 1.39. The van der Waals surface area contributed by atoms with Gasteiger partial charge in [0.2, 0.25) is 5.91 Å². The van der Waals surface area contributed by atoms with Gasteiger partial charge in [-0.1, -0.05) is 169 Å². The van der Waals surface area contributed by atoms with Crippen molar-refractivity contribution in [1.82, 2.24) is 5.32 Å². The van der Waals surface area contributed by atoms with Crippen LogP contribution in [0.3, 0.4) is 0 Å². The summed E-state index contributed by atoms with van der Waals surface area (Å²) >= 11 is 0. The molecule has 0 radical (unpaired) electrons. The zero-order valence-corrected chi connectivity index (χ0v) is 48.2. The highest BCUT2D eigenvalue weighted by molar-refractivity contribution is 5.76. The highest BCUT2D eigenvalue weighted by Crippen LogP contribution is 2.33. The van der Waals surface area contributed by atoms with Crippen LogP contribution in [0.4, 0.5) is 0 Å². The third-order valence-corrected chi connectivity index (χ3v) is 14.4. The van der Waals surface area contributed by atoms with Gasteiger partial charge in [-0.25, -0.2) is 0 Å². The van der Waals surface area contributed by atoms with Crippen molar-refractivity contribution < 1.29 is 89.4 Å². The molecule has 81 heavy (non-hydrogen) atoms. The molecule has 0 saturated carbocycles. The van der Waals surface area contributed by atoms with Crippen molar-refractivity contribution in [2.24, 2.45) is 0 Å². The van der Waals surface area contributed by atoms with E-state index >= 15 is 0 Å². The summed E-state index contributed by atoms with van der Waals surface area (Å²) in [5.74, 6) is -0.298. The molecule has 17 unspecified atom stereocenters. The van der Waals surface area contributed by atoms with Crippen LogP contribution >= 0.6 is 0 Å². The smallest absolute Gasteiger partial charge is 0.220 e. The van der Waals surface area contributed by atoms with Crippen molar-refractivity contribution in [2.75, 3.05) is 26.4 Å². The average molecular weight is 1150 g/mol. The van der Waals surface area contributed by atoms with Crippen LogP contribution in [0.25, 0.3) is 0 Å². The van der Waals surface area contributed by atoms with Crippen molar-refractivity contribution in [1.29, 1.82) is 0 Å². The Morgan fingerprint density at radius 1 is 0.457 bits per heavy atom. The molecule has 464 valence electrons. The maximum Gasteiger partial charge on any atom is 0.220 e. The summed E-state index contributed by atoms with van der Waals surface area (Å²) in [5, 5.41) is 120. The average Bonchev–Trinajstić information content (AvgIpc) is 3.48. The van der Waals surface area contributed by atoms with Gasteiger partial charge in [0.15, 0.2) is 18.9 Å². The van der Waals surface area contributed by atoms with E-state index in [-0.39, 0.29) is 18.9 Å². The number of unbranched alkanes of at least 4 members (excludes halogenated alkanes) is 12. The molecular weight excluding hydrogens is 1050 g/mol. The van der Waals surface area contributed by atoms with Gasteiger partial charge in [0, 0.05) is 6.42 Å². The molecule has 0 aromatic rings. The molecule has 0 aliphatic carbocycles. The van der Waals surface area contributed by atoms with Crippen LogP contribution in [0.15, 0.2) is 97.2 Å². The fourth-order valence-electron chi connectivity index (χ4n) is 9.46. The van der Waals surface area contributed by atoms with E-state index in [1.807, 2.05) is 6.08 Å². The third-order valence-electron chi connectivity index (χ3n) is 14.4. The minimum Gasteiger partial charge on any atom is -0.394 e. The van der Waals surface area contributed by atoms with Crippen LogP contribution in [0.5, 0.6) is 0 Å². The predicted octanol–water partition coefficient (Wildman–Crippen LogP) is 5.37. The van der Waals surface area contributed by atoms with Gasteiger partial charge in [0.25, 0.3) is 0 Å². The topological polar surface area (TPSA) is 307 Å². The lowest BCUT2D eigenvalue weighted by molar-refractivity contribution is -0.379. The summed E-state index contributed by atoms with van der Waals surface area (Å²) in [7, 11) is 0. The molecule has 12 N–H and O–H groups in total. The van der Waals surface area contributed by atoms with Crippen LogP contribution in [0.2, 0.25) is 0 Å². The van der Waals surface area contributed by atoms with E-state index in [9.17, 15) is 61.0 Å². The van der Waals surface area contributed by atoms with E-state index in [1.165, 1.54) is 0 Å². The molecule has 0 bridgehead atoms. The lowest BCUT2D eigenvalue weighted by Gasteiger charge is -2.48. The summed E-state index contributed by atoms with van der Waals surface area (Å²) in [4.78, 5) is 13.3. The zero-order valence-electron chi connectivity index (χ0n) is 48.2. The minimum absolute atomic E-state index is 0.223. The minimum atomic E-state index is -1.98. The van der Waals surface area contributed by atoms with Crippen molar-refractivity contribution >= 4 is 5.91 Å². The van der Waals surface area contributed by atoms with E-state index in [0.29, 0.717) is 6.42 Å². The van der Waals surface area contributed by atoms with Gasteiger partial charge in [0.05, 0.1) is 38.6 Å². The van der Waals surface area contributed by atoms with Gasteiger partial charge in [-0.15, -0.1) is 0 Å². The van der Waals surface area contributed by atoms with Crippen molar-refractivity contribution in [3.05, 3.63) is 97.2 Å². The van der Waals surface area contributed by atoms with Gasteiger partial charge < -0.3 is 89.9 Å². The van der Waals surface area contributed by atoms with Crippen molar-refractivity contribution in [3.63, 3.8) is 0 Å². The Labute approximate surface area is 482 Å². The van der Waals surface area contributed by atoms with Gasteiger partial charge >= 0.3 is 0 Å². The van der Waals surface area contributed by atoms with E-state index in [2.05, 4.69) is 104 Å². The molecule has 19 nitrogen and oxygen atoms in total. The summed E-state index contributed by atoms with van der Waals surface area (Å²) in [6.45, 7) is 1.49. The third kappa shape index (κ3) is 28.0. The number of allylic oxidation sites excluding steroid dienone is 15. The highest BCUT2D eigenvalue weighted by atomic mass is 16.8. The molecular formula is C62H103NO18. The standard InChI is InChI=1S/C62H103NO18/c1-3-5-7-9-11-12-13-14-15-16-17-18-19-20-21-22-23-24-25-26-27-28-29-30-31-32-34-36-38-40-50(68)63-45(46(67)39-37-35-33-10-8-6-4-2)44-76-60-56(74)53(71)58(48(42-65)78-60)81-62-57(75)54(72)59(49(43-66)79-62)80-61-55(73)52(70)51(69)47(41-64)77-61/h5,7,11-12,14-15,17-18,20-21,23-24,26-27,37,39,45-49,51-62,64-67,69-75H,3-4,6,8-10,13,16,19,22,25,28-36,38,40-44H2,1-2H3,(H,63,68)/b7-5-,12-11-,15-14-,18-17-,21-20-,24-23-,27-26-,39-37+. The molecule has 3 rings (SSSR count). The number of carbonyl (C=O) groups is 1. The summed E-state index contributed by atoms with van der Waals surface area (Å²) < 4.78 is 34.1. The Morgan fingerprint density at radius 3 is 1.33 bits per heavy atom. The first-order valence-corrected chi connectivity index (χ1v) is 30.0. The van der Waals surface area contributed by atoms with Crippen LogP contribution in [0.1, 0.15) is 155 Å². The second-order valence-corrected chi connectivity index (χ2v) is 21.1. The van der Waals surface area contributed by atoms with Crippen LogP contribution in [-0.4, -0.2) is 193 Å². The largest absolute Gasteiger partial charge is 0.394 e. The van der Waals surface area contributed by atoms with E-state index in [0.717, 1.165) is 128 Å². The number of ether oxygens (including phenoxy) is 6. The molecule has 0 spiro atoms. The summed E-state index contributed by atoms with van der Waals surface area (Å²) in [6, 6.07) is -0.983.